The van der Waals surface area contributed by atoms with Crippen molar-refractivity contribution in [2.24, 2.45) is 0 Å². The molecule has 0 atom stereocenters. The molecule has 0 unspecified atom stereocenters. The van der Waals surface area contributed by atoms with Gasteiger partial charge in [-0.3, -0.25) is 4.79 Å². The van der Waals surface area contributed by atoms with Crippen LogP contribution in [0.15, 0.2) is 48.5 Å². The van der Waals surface area contributed by atoms with Crippen LogP contribution in [0.3, 0.4) is 0 Å². The van der Waals surface area contributed by atoms with E-state index >= 15 is 0 Å². The minimum absolute atomic E-state index is 0.0492. The van der Waals surface area contributed by atoms with Gasteiger partial charge in [0.25, 0.3) is 0 Å². The summed E-state index contributed by atoms with van der Waals surface area (Å²) in [5.74, 6) is 1.51. The molecule has 1 aromatic heterocycles. The largest absolute Gasteiger partial charge is 0.378 e. The summed E-state index contributed by atoms with van der Waals surface area (Å²) in [6.45, 7) is 4.59. The van der Waals surface area contributed by atoms with Gasteiger partial charge in [-0.05, 0) is 43.3 Å². The lowest BCUT2D eigenvalue weighted by Gasteiger charge is -2.29. The molecule has 6 nitrogen and oxygen atoms in total. The SMILES string of the molecule is CC(=O)c1ccc(Nc2nc(N3CCOCC3)c3ccccc3n2)cc1. The predicted octanol–water partition coefficient (Wildman–Crippen LogP) is 3.41. The summed E-state index contributed by atoms with van der Waals surface area (Å²) < 4.78 is 5.46. The van der Waals surface area contributed by atoms with Crippen LogP contribution < -0.4 is 10.2 Å². The van der Waals surface area contributed by atoms with Crippen LogP contribution in [-0.2, 0) is 4.74 Å². The maximum Gasteiger partial charge on any atom is 0.229 e. The zero-order valence-corrected chi connectivity index (χ0v) is 14.6. The third kappa shape index (κ3) is 3.36. The second kappa shape index (κ2) is 7.09. The molecule has 6 heteroatoms. The van der Waals surface area contributed by atoms with Gasteiger partial charge in [-0.2, -0.15) is 4.98 Å². The van der Waals surface area contributed by atoms with Crippen LogP contribution in [-0.4, -0.2) is 42.1 Å². The van der Waals surface area contributed by atoms with Crippen LogP contribution in [0.5, 0.6) is 0 Å². The summed E-state index contributed by atoms with van der Waals surface area (Å²) in [5.41, 5.74) is 2.43. The maximum atomic E-state index is 11.4. The smallest absolute Gasteiger partial charge is 0.229 e. The maximum absolute atomic E-state index is 11.4. The van der Waals surface area contributed by atoms with E-state index in [0.717, 1.165) is 35.5 Å². The molecule has 3 aromatic rings. The van der Waals surface area contributed by atoms with E-state index < -0.39 is 0 Å². The highest BCUT2D eigenvalue weighted by Crippen LogP contribution is 2.27. The standard InChI is InChI=1S/C20H20N4O2/c1-14(25)15-6-8-16(9-7-15)21-20-22-18-5-3-2-4-17(18)19(23-20)24-10-12-26-13-11-24/h2-9H,10-13H2,1H3,(H,21,22,23). The highest BCUT2D eigenvalue weighted by molar-refractivity contribution is 5.94. The average molecular weight is 348 g/mol. The van der Waals surface area contributed by atoms with E-state index in [2.05, 4.69) is 15.2 Å². The summed E-state index contributed by atoms with van der Waals surface area (Å²) in [6.07, 6.45) is 0. The number of ether oxygens (including phenoxy) is 1. The third-order valence-electron chi connectivity index (χ3n) is 4.44. The number of rotatable bonds is 4. The second-order valence-corrected chi connectivity index (χ2v) is 6.25. The Labute approximate surface area is 151 Å². The number of fused-ring (bicyclic) bond motifs is 1. The van der Waals surface area contributed by atoms with Crippen molar-refractivity contribution in [2.75, 3.05) is 36.5 Å². The third-order valence-corrected chi connectivity index (χ3v) is 4.44. The number of hydrogen-bond donors (Lipinski definition) is 1. The highest BCUT2D eigenvalue weighted by atomic mass is 16.5. The minimum Gasteiger partial charge on any atom is -0.378 e. The van der Waals surface area contributed by atoms with Crippen molar-refractivity contribution < 1.29 is 9.53 Å². The Morgan fingerprint density at radius 2 is 1.77 bits per heavy atom. The highest BCUT2D eigenvalue weighted by Gasteiger charge is 2.17. The van der Waals surface area contributed by atoms with Crippen LogP contribution in [0.4, 0.5) is 17.5 Å². The van der Waals surface area contributed by atoms with Crippen molar-refractivity contribution in [1.29, 1.82) is 0 Å². The number of para-hydroxylation sites is 1. The minimum atomic E-state index is 0.0492. The molecule has 0 saturated carbocycles. The van der Waals surface area contributed by atoms with Crippen molar-refractivity contribution in [2.45, 2.75) is 6.92 Å². The summed E-state index contributed by atoms with van der Waals surface area (Å²) >= 11 is 0. The molecular formula is C20H20N4O2. The number of nitrogens with zero attached hydrogens (tertiary/aromatic N) is 3. The van der Waals surface area contributed by atoms with E-state index in [9.17, 15) is 4.79 Å². The lowest BCUT2D eigenvalue weighted by atomic mass is 10.1. The Kier molecular flexibility index (Phi) is 4.50. The van der Waals surface area contributed by atoms with E-state index in [0.29, 0.717) is 24.7 Å². The second-order valence-electron chi connectivity index (χ2n) is 6.25. The lowest BCUT2D eigenvalue weighted by Crippen LogP contribution is -2.37. The van der Waals surface area contributed by atoms with Crippen LogP contribution in [0.1, 0.15) is 17.3 Å². The van der Waals surface area contributed by atoms with E-state index in [1.54, 1.807) is 19.1 Å². The molecule has 1 saturated heterocycles. The fourth-order valence-electron chi connectivity index (χ4n) is 3.05. The Morgan fingerprint density at radius 3 is 2.50 bits per heavy atom. The fraction of sp³-hybridized carbons (Fsp3) is 0.250. The van der Waals surface area contributed by atoms with Crippen molar-refractivity contribution >= 4 is 34.1 Å². The Morgan fingerprint density at radius 1 is 1.04 bits per heavy atom. The van der Waals surface area contributed by atoms with Crippen LogP contribution in [0.25, 0.3) is 10.9 Å². The predicted molar refractivity (Wildman–Crippen MR) is 102 cm³/mol. The zero-order chi connectivity index (χ0) is 17.9. The number of Topliss-reactive ketones (excluding diaryl/α,β-unsaturated/α-hetero) is 1. The van der Waals surface area contributed by atoms with Gasteiger partial charge in [0.15, 0.2) is 5.78 Å². The molecule has 1 aliphatic rings. The number of ketones is 1. The van der Waals surface area contributed by atoms with Gasteiger partial charge < -0.3 is 15.0 Å². The van der Waals surface area contributed by atoms with Crippen LogP contribution in [0, 0.1) is 0 Å². The van der Waals surface area contributed by atoms with Crippen molar-refractivity contribution in [3.05, 3.63) is 54.1 Å². The molecule has 0 amide bonds. The number of nitrogens with one attached hydrogen (secondary N) is 1. The molecule has 26 heavy (non-hydrogen) atoms. The van der Waals surface area contributed by atoms with Crippen molar-refractivity contribution in [1.82, 2.24) is 9.97 Å². The molecule has 4 rings (SSSR count). The van der Waals surface area contributed by atoms with Gasteiger partial charge in [0.2, 0.25) is 5.95 Å². The number of morpholine rings is 1. The molecule has 2 aromatic carbocycles. The first-order valence-electron chi connectivity index (χ1n) is 8.68. The summed E-state index contributed by atoms with van der Waals surface area (Å²) in [5, 5.41) is 4.28. The zero-order valence-electron chi connectivity index (χ0n) is 14.6. The molecule has 0 bridgehead atoms. The molecule has 1 aliphatic heterocycles. The average Bonchev–Trinajstić information content (AvgIpc) is 2.68. The number of aromatic nitrogens is 2. The molecule has 1 fully saturated rings. The summed E-state index contributed by atoms with van der Waals surface area (Å²) in [7, 11) is 0. The van der Waals surface area contributed by atoms with Gasteiger partial charge in [0.1, 0.15) is 5.82 Å². The number of carbonyl (C=O) groups excluding carboxylic acids is 1. The van der Waals surface area contributed by atoms with Gasteiger partial charge in [0.05, 0.1) is 18.7 Å². The van der Waals surface area contributed by atoms with E-state index in [1.807, 2.05) is 36.4 Å². The van der Waals surface area contributed by atoms with Crippen LogP contribution in [0.2, 0.25) is 0 Å². The molecule has 0 aliphatic carbocycles. The molecule has 2 heterocycles. The number of benzene rings is 2. The van der Waals surface area contributed by atoms with Crippen molar-refractivity contribution in [3.63, 3.8) is 0 Å². The summed E-state index contributed by atoms with van der Waals surface area (Å²) in [6, 6.07) is 15.3. The first-order chi connectivity index (χ1) is 12.7. The Hall–Kier alpha value is -2.99. The number of anilines is 3. The molecule has 1 N–H and O–H groups in total. The quantitative estimate of drug-likeness (QED) is 0.729. The monoisotopic (exact) mass is 348 g/mol. The fourth-order valence-corrected chi connectivity index (χ4v) is 3.05. The Bertz CT molecular complexity index is 934. The normalized spacial score (nSPS) is 14.4. The van der Waals surface area contributed by atoms with Gasteiger partial charge in [-0.15, -0.1) is 0 Å². The molecule has 0 radical (unpaired) electrons. The van der Waals surface area contributed by atoms with Crippen LogP contribution >= 0.6 is 0 Å². The van der Waals surface area contributed by atoms with Gasteiger partial charge >= 0.3 is 0 Å². The van der Waals surface area contributed by atoms with Gasteiger partial charge in [-0.25, -0.2) is 4.98 Å². The van der Waals surface area contributed by atoms with Gasteiger partial charge in [-0.1, -0.05) is 12.1 Å². The van der Waals surface area contributed by atoms with Crippen molar-refractivity contribution in [3.8, 4) is 0 Å². The first-order valence-corrected chi connectivity index (χ1v) is 8.68. The molecule has 132 valence electrons. The van der Waals surface area contributed by atoms with E-state index in [4.69, 9.17) is 9.72 Å². The Balaban J connectivity index is 1.69. The van der Waals surface area contributed by atoms with E-state index in [1.165, 1.54) is 0 Å². The summed E-state index contributed by atoms with van der Waals surface area (Å²) in [4.78, 5) is 23.0. The topological polar surface area (TPSA) is 67.4 Å². The number of hydrogen-bond acceptors (Lipinski definition) is 6. The lowest BCUT2D eigenvalue weighted by molar-refractivity contribution is 0.101. The van der Waals surface area contributed by atoms with Gasteiger partial charge in [0, 0.05) is 29.7 Å². The molecular weight excluding hydrogens is 328 g/mol. The molecule has 0 spiro atoms. The van der Waals surface area contributed by atoms with E-state index in [-0.39, 0.29) is 5.78 Å². The first kappa shape index (κ1) is 16.5. The number of carbonyl (C=O) groups is 1.